The normalized spacial score (nSPS) is 16.1. The zero-order valence-electron chi connectivity index (χ0n) is 12.7. The lowest BCUT2D eigenvalue weighted by Crippen LogP contribution is -2.51. The van der Waals surface area contributed by atoms with Gasteiger partial charge in [-0.05, 0) is 56.5 Å². The smallest absolute Gasteiger partial charge is 0.123 e. The third kappa shape index (κ3) is 4.02. The molecule has 0 heterocycles. The standard InChI is InChI=1S/C16H26FNO/c1-6-16(4,19-5)15(18-7-2)11-13-10-14(17)9-8-12(13)3/h8-10,15,18H,6-7,11H2,1-5H3. The van der Waals surface area contributed by atoms with E-state index < -0.39 is 0 Å². The summed E-state index contributed by atoms with van der Waals surface area (Å²) >= 11 is 0. The summed E-state index contributed by atoms with van der Waals surface area (Å²) < 4.78 is 19.1. The van der Waals surface area contributed by atoms with E-state index in [1.54, 1.807) is 13.2 Å². The zero-order valence-corrected chi connectivity index (χ0v) is 12.7. The second-order valence-electron chi connectivity index (χ2n) is 5.26. The van der Waals surface area contributed by atoms with Crippen LogP contribution in [-0.4, -0.2) is 25.3 Å². The number of benzene rings is 1. The molecule has 1 rings (SSSR count). The van der Waals surface area contributed by atoms with E-state index in [4.69, 9.17) is 4.74 Å². The van der Waals surface area contributed by atoms with Crippen molar-refractivity contribution < 1.29 is 9.13 Å². The molecule has 1 aromatic carbocycles. The molecule has 0 saturated heterocycles. The minimum atomic E-state index is -0.241. The summed E-state index contributed by atoms with van der Waals surface area (Å²) in [4.78, 5) is 0. The van der Waals surface area contributed by atoms with Crippen molar-refractivity contribution in [3.63, 3.8) is 0 Å². The molecule has 19 heavy (non-hydrogen) atoms. The highest BCUT2D eigenvalue weighted by Gasteiger charge is 2.32. The maximum Gasteiger partial charge on any atom is 0.123 e. The Balaban J connectivity index is 2.98. The Morgan fingerprint density at radius 3 is 2.58 bits per heavy atom. The van der Waals surface area contributed by atoms with Crippen molar-refractivity contribution >= 4 is 0 Å². The number of hydrogen-bond donors (Lipinski definition) is 1. The largest absolute Gasteiger partial charge is 0.377 e. The van der Waals surface area contributed by atoms with E-state index in [1.807, 2.05) is 13.0 Å². The van der Waals surface area contributed by atoms with Gasteiger partial charge in [-0.1, -0.05) is 19.9 Å². The third-order valence-electron chi connectivity index (χ3n) is 4.09. The first-order valence-corrected chi connectivity index (χ1v) is 7.00. The molecule has 1 aromatic rings. The molecule has 2 unspecified atom stereocenters. The lowest BCUT2D eigenvalue weighted by Gasteiger charge is -2.36. The quantitative estimate of drug-likeness (QED) is 0.816. The van der Waals surface area contributed by atoms with Gasteiger partial charge in [-0.3, -0.25) is 0 Å². The van der Waals surface area contributed by atoms with Crippen molar-refractivity contribution in [3.8, 4) is 0 Å². The van der Waals surface area contributed by atoms with Crippen LogP contribution in [0.2, 0.25) is 0 Å². The van der Waals surface area contributed by atoms with Crippen molar-refractivity contribution in [2.45, 2.75) is 52.2 Å². The molecular formula is C16H26FNO. The van der Waals surface area contributed by atoms with Crippen LogP contribution in [0.5, 0.6) is 0 Å². The lowest BCUT2D eigenvalue weighted by atomic mass is 9.87. The van der Waals surface area contributed by atoms with Gasteiger partial charge in [0.05, 0.1) is 5.60 Å². The molecule has 0 saturated carbocycles. The van der Waals surface area contributed by atoms with Gasteiger partial charge in [-0.25, -0.2) is 4.39 Å². The summed E-state index contributed by atoms with van der Waals surface area (Å²) in [7, 11) is 1.74. The van der Waals surface area contributed by atoms with Crippen LogP contribution >= 0.6 is 0 Å². The summed E-state index contributed by atoms with van der Waals surface area (Å²) in [5, 5.41) is 3.47. The molecule has 0 spiro atoms. The van der Waals surface area contributed by atoms with Gasteiger partial charge in [-0.15, -0.1) is 0 Å². The van der Waals surface area contributed by atoms with Crippen LogP contribution < -0.4 is 5.32 Å². The molecule has 0 aromatic heterocycles. The van der Waals surface area contributed by atoms with Crippen LogP contribution in [0.1, 0.15) is 38.3 Å². The molecule has 2 atom stereocenters. The second-order valence-corrected chi connectivity index (χ2v) is 5.26. The van der Waals surface area contributed by atoms with E-state index in [1.165, 1.54) is 6.07 Å². The van der Waals surface area contributed by atoms with Crippen molar-refractivity contribution in [1.29, 1.82) is 0 Å². The first kappa shape index (κ1) is 16.1. The fourth-order valence-corrected chi connectivity index (χ4v) is 2.36. The average molecular weight is 267 g/mol. The van der Waals surface area contributed by atoms with Crippen molar-refractivity contribution in [2.24, 2.45) is 0 Å². The Hall–Kier alpha value is -0.930. The van der Waals surface area contributed by atoms with E-state index >= 15 is 0 Å². The van der Waals surface area contributed by atoms with Crippen LogP contribution in [0.15, 0.2) is 18.2 Å². The van der Waals surface area contributed by atoms with Crippen LogP contribution in [0.4, 0.5) is 4.39 Å². The van der Waals surface area contributed by atoms with Gasteiger partial charge < -0.3 is 10.1 Å². The topological polar surface area (TPSA) is 21.3 Å². The average Bonchev–Trinajstić information content (AvgIpc) is 2.41. The number of halogens is 1. The number of ether oxygens (including phenoxy) is 1. The summed E-state index contributed by atoms with van der Waals surface area (Å²) in [6.07, 6.45) is 1.69. The number of likely N-dealkylation sites (N-methyl/N-ethyl adjacent to an activating group) is 1. The molecule has 0 aliphatic rings. The molecule has 0 aliphatic heterocycles. The predicted molar refractivity (Wildman–Crippen MR) is 78.0 cm³/mol. The minimum Gasteiger partial charge on any atom is -0.377 e. The van der Waals surface area contributed by atoms with E-state index in [0.29, 0.717) is 0 Å². The Kier molecular flexibility index (Phi) is 5.95. The van der Waals surface area contributed by atoms with Gasteiger partial charge in [0.25, 0.3) is 0 Å². The highest BCUT2D eigenvalue weighted by Crippen LogP contribution is 2.24. The van der Waals surface area contributed by atoms with E-state index in [0.717, 1.165) is 30.5 Å². The number of aryl methyl sites for hydroxylation is 1. The van der Waals surface area contributed by atoms with Crippen LogP contribution in [0.25, 0.3) is 0 Å². The molecule has 108 valence electrons. The number of nitrogens with one attached hydrogen (secondary N) is 1. The Morgan fingerprint density at radius 2 is 2.05 bits per heavy atom. The molecule has 3 heteroatoms. The van der Waals surface area contributed by atoms with Crippen molar-refractivity contribution in [1.82, 2.24) is 5.32 Å². The van der Waals surface area contributed by atoms with E-state index in [-0.39, 0.29) is 17.5 Å². The van der Waals surface area contributed by atoms with Crippen molar-refractivity contribution in [3.05, 3.63) is 35.1 Å². The van der Waals surface area contributed by atoms with Gasteiger partial charge in [0.1, 0.15) is 5.82 Å². The fourth-order valence-electron chi connectivity index (χ4n) is 2.36. The maximum atomic E-state index is 13.4. The molecule has 0 radical (unpaired) electrons. The number of rotatable bonds is 7. The van der Waals surface area contributed by atoms with Crippen LogP contribution in [-0.2, 0) is 11.2 Å². The Labute approximate surface area is 116 Å². The summed E-state index contributed by atoms with van der Waals surface area (Å²) in [5.41, 5.74) is 1.93. The summed E-state index contributed by atoms with van der Waals surface area (Å²) in [6.45, 7) is 9.20. The van der Waals surface area contributed by atoms with Gasteiger partial charge in [-0.2, -0.15) is 0 Å². The Bertz CT molecular complexity index is 402. The lowest BCUT2D eigenvalue weighted by molar-refractivity contribution is -0.0284. The first-order valence-electron chi connectivity index (χ1n) is 7.00. The van der Waals surface area contributed by atoms with Gasteiger partial charge in [0, 0.05) is 13.2 Å². The molecule has 1 N–H and O–H groups in total. The molecule has 0 amide bonds. The molecule has 0 fully saturated rings. The predicted octanol–water partition coefficient (Wildman–Crippen LogP) is 3.47. The van der Waals surface area contributed by atoms with Crippen LogP contribution in [0.3, 0.4) is 0 Å². The van der Waals surface area contributed by atoms with Gasteiger partial charge >= 0.3 is 0 Å². The SMILES string of the molecule is CCNC(Cc1cc(F)ccc1C)C(C)(CC)OC. The Morgan fingerprint density at radius 1 is 1.37 bits per heavy atom. The number of hydrogen-bond acceptors (Lipinski definition) is 2. The van der Waals surface area contributed by atoms with Crippen molar-refractivity contribution in [2.75, 3.05) is 13.7 Å². The molecule has 2 nitrogen and oxygen atoms in total. The number of methoxy groups -OCH3 is 1. The van der Waals surface area contributed by atoms with Gasteiger partial charge in [0.15, 0.2) is 0 Å². The highest BCUT2D eigenvalue weighted by molar-refractivity contribution is 5.28. The second kappa shape index (κ2) is 7.01. The monoisotopic (exact) mass is 267 g/mol. The molecule has 0 bridgehead atoms. The summed E-state index contributed by atoms with van der Waals surface area (Å²) in [5.74, 6) is -0.175. The minimum absolute atomic E-state index is 0.174. The van der Waals surface area contributed by atoms with Crippen LogP contribution in [0, 0.1) is 12.7 Å². The molecule has 0 aliphatic carbocycles. The zero-order chi connectivity index (χ0) is 14.5. The van der Waals surface area contributed by atoms with E-state index in [9.17, 15) is 4.39 Å². The van der Waals surface area contributed by atoms with E-state index in [2.05, 4.69) is 26.1 Å². The fraction of sp³-hybridized carbons (Fsp3) is 0.625. The maximum absolute atomic E-state index is 13.4. The highest BCUT2D eigenvalue weighted by atomic mass is 19.1. The van der Waals surface area contributed by atoms with Gasteiger partial charge in [0.2, 0.25) is 0 Å². The molecular weight excluding hydrogens is 241 g/mol. The first-order chi connectivity index (χ1) is 8.96. The third-order valence-corrected chi connectivity index (χ3v) is 4.09. The summed E-state index contributed by atoms with van der Waals surface area (Å²) in [6, 6.07) is 5.15.